The van der Waals surface area contributed by atoms with E-state index in [-0.39, 0.29) is 23.5 Å². The Morgan fingerprint density at radius 2 is 1.73 bits per heavy atom. The van der Waals surface area contributed by atoms with Crippen molar-refractivity contribution in [3.8, 4) is 0 Å². The van der Waals surface area contributed by atoms with Crippen LogP contribution in [0, 0.1) is 5.92 Å². The van der Waals surface area contributed by atoms with Gasteiger partial charge in [-0.25, -0.2) is 13.1 Å². The summed E-state index contributed by atoms with van der Waals surface area (Å²) in [5.74, 6) is 0.418. The van der Waals surface area contributed by atoms with E-state index in [0.29, 0.717) is 24.6 Å². The van der Waals surface area contributed by atoms with Gasteiger partial charge in [-0.2, -0.15) is 0 Å². The minimum atomic E-state index is -3.58. The molecule has 144 valence electrons. The third-order valence-electron chi connectivity index (χ3n) is 5.23. The highest BCUT2D eigenvalue weighted by molar-refractivity contribution is 7.89. The Labute approximate surface area is 155 Å². The number of amides is 1. The van der Waals surface area contributed by atoms with E-state index >= 15 is 0 Å². The first kappa shape index (κ1) is 19.3. The lowest BCUT2D eigenvalue weighted by atomic mass is 9.89. The van der Waals surface area contributed by atoms with E-state index in [0.717, 1.165) is 12.8 Å². The zero-order valence-corrected chi connectivity index (χ0v) is 15.9. The average Bonchev–Trinajstić information content (AvgIpc) is 3.19. The predicted octanol–water partition coefficient (Wildman–Crippen LogP) is 2.45. The number of hydrogen-bond acceptors (Lipinski definition) is 4. The van der Waals surface area contributed by atoms with Gasteiger partial charge in [0.15, 0.2) is 0 Å². The summed E-state index contributed by atoms with van der Waals surface area (Å²) in [5.41, 5.74) is 0.485. The Balaban J connectivity index is 1.52. The zero-order chi connectivity index (χ0) is 18.4. The second-order valence-corrected chi connectivity index (χ2v) is 8.99. The molecule has 1 aromatic rings. The Kier molecular flexibility index (Phi) is 6.67. The minimum Gasteiger partial charge on any atom is -0.377 e. The van der Waals surface area contributed by atoms with Gasteiger partial charge in [-0.3, -0.25) is 4.79 Å². The fourth-order valence-corrected chi connectivity index (χ4v) is 4.67. The molecule has 1 heterocycles. The van der Waals surface area contributed by atoms with Crippen LogP contribution in [0.3, 0.4) is 0 Å². The second kappa shape index (κ2) is 8.97. The van der Waals surface area contributed by atoms with Gasteiger partial charge in [0, 0.05) is 25.3 Å². The summed E-state index contributed by atoms with van der Waals surface area (Å²) in [6.45, 7) is 1.67. The van der Waals surface area contributed by atoms with Crippen LogP contribution in [0.1, 0.15) is 55.3 Å². The SMILES string of the molecule is O=C(NCC1CCCCC1)c1ccc(S(=O)(=O)NC[C@H]2CCCO2)cc1. The lowest BCUT2D eigenvalue weighted by Crippen LogP contribution is -2.32. The maximum Gasteiger partial charge on any atom is 0.251 e. The summed E-state index contributed by atoms with van der Waals surface area (Å²) in [4.78, 5) is 12.4. The van der Waals surface area contributed by atoms with Crippen LogP contribution in [0.15, 0.2) is 29.2 Å². The molecule has 7 heteroatoms. The molecular formula is C19H28N2O4S. The molecule has 2 N–H and O–H groups in total. The summed E-state index contributed by atoms with van der Waals surface area (Å²) in [7, 11) is -3.58. The van der Waals surface area contributed by atoms with Gasteiger partial charge in [0.1, 0.15) is 0 Å². The molecule has 1 aliphatic heterocycles. The summed E-state index contributed by atoms with van der Waals surface area (Å²) < 4.78 is 32.7. The number of ether oxygens (including phenoxy) is 1. The highest BCUT2D eigenvalue weighted by Crippen LogP contribution is 2.23. The van der Waals surface area contributed by atoms with Gasteiger partial charge >= 0.3 is 0 Å². The fourth-order valence-electron chi connectivity index (χ4n) is 3.61. The minimum absolute atomic E-state index is 0.0467. The molecule has 2 aliphatic rings. The first-order chi connectivity index (χ1) is 12.5. The molecule has 0 aromatic heterocycles. The molecule has 0 unspecified atom stereocenters. The normalized spacial score (nSPS) is 21.6. The van der Waals surface area contributed by atoms with Gasteiger partial charge in [-0.15, -0.1) is 0 Å². The molecule has 1 saturated carbocycles. The van der Waals surface area contributed by atoms with E-state index < -0.39 is 10.0 Å². The fraction of sp³-hybridized carbons (Fsp3) is 0.632. The van der Waals surface area contributed by atoms with E-state index in [1.807, 2.05) is 0 Å². The smallest absolute Gasteiger partial charge is 0.251 e. The molecule has 2 fully saturated rings. The van der Waals surface area contributed by atoms with Crippen LogP contribution in [-0.4, -0.2) is 40.1 Å². The van der Waals surface area contributed by atoms with Crippen LogP contribution in [0.4, 0.5) is 0 Å². The lowest BCUT2D eigenvalue weighted by Gasteiger charge is -2.21. The highest BCUT2D eigenvalue weighted by atomic mass is 32.2. The van der Waals surface area contributed by atoms with Crippen molar-refractivity contribution in [3.05, 3.63) is 29.8 Å². The van der Waals surface area contributed by atoms with Crippen molar-refractivity contribution >= 4 is 15.9 Å². The lowest BCUT2D eigenvalue weighted by molar-refractivity contribution is 0.0943. The summed E-state index contributed by atoms with van der Waals surface area (Å²) in [5, 5.41) is 2.97. The van der Waals surface area contributed by atoms with Crippen molar-refractivity contribution in [2.45, 2.75) is 55.9 Å². The van der Waals surface area contributed by atoms with Gasteiger partial charge in [-0.1, -0.05) is 19.3 Å². The van der Waals surface area contributed by atoms with Gasteiger partial charge in [0.25, 0.3) is 5.91 Å². The molecule has 3 rings (SSSR count). The third-order valence-corrected chi connectivity index (χ3v) is 6.67. The third kappa shape index (κ3) is 5.28. The summed E-state index contributed by atoms with van der Waals surface area (Å²) in [6.07, 6.45) is 7.93. The molecule has 0 radical (unpaired) electrons. The maximum absolute atomic E-state index is 12.3. The Morgan fingerprint density at radius 3 is 2.38 bits per heavy atom. The number of carbonyl (C=O) groups excluding carboxylic acids is 1. The van der Waals surface area contributed by atoms with E-state index in [1.165, 1.54) is 44.2 Å². The van der Waals surface area contributed by atoms with Crippen molar-refractivity contribution in [1.82, 2.24) is 10.0 Å². The zero-order valence-electron chi connectivity index (χ0n) is 15.1. The quantitative estimate of drug-likeness (QED) is 0.761. The molecule has 1 amide bonds. The average molecular weight is 381 g/mol. The molecule has 0 spiro atoms. The molecule has 0 bridgehead atoms. The van der Waals surface area contributed by atoms with Crippen LogP contribution in [0.2, 0.25) is 0 Å². The Bertz CT molecular complexity index is 691. The van der Waals surface area contributed by atoms with E-state index in [2.05, 4.69) is 10.0 Å². The van der Waals surface area contributed by atoms with Crippen molar-refractivity contribution in [3.63, 3.8) is 0 Å². The van der Waals surface area contributed by atoms with Crippen LogP contribution >= 0.6 is 0 Å². The van der Waals surface area contributed by atoms with E-state index in [9.17, 15) is 13.2 Å². The van der Waals surface area contributed by atoms with Crippen molar-refractivity contribution in [2.75, 3.05) is 19.7 Å². The second-order valence-electron chi connectivity index (χ2n) is 7.23. The molecule has 1 aromatic carbocycles. The van der Waals surface area contributed by atoms with Crippen molar-refractivity contribution in [1.29, 1.82) is 0 Å². The standard InChI is InChI=1S/C19H28N2O4S/c22-19(20-13-15-5-2-1-3-6-15)16-8-10-18(11-9-16)26(23,24)21-14-17-7-4-12-25-17/h8-11,15,17,21H,1-7,12-14H2,(H,20,22)/t17-/m1/s1. The molecule has 1 atom stereocenters. The van der Waals surface area contributed by atoms with Crippen molar-refractivity contribution in [2.24, 2.45) is 5.92 Å². The van der Waals surface area contributed by atoms with Gasteiger partial charge in [0.05, 0.1) is 11.0 Å². The number of nitrogens with one attached hydrogen (secondary N) is 2. The van der Waals surface area contributed by atoms with Crippen LogP contribution in [0.25, 0.3) is 0 Å². The van der Waals surface area contributed by atoms with Crippen LogP contribution < -0.4 is 10.0 Å². The predicted molar refractivity (Wildman–Crippen MR) is 99.5 cm³/mol. The highest BCUT2D eigenvalue weighted by Gasteiger charge is 2.21. The maximum atomic E-state index is 12.3. The largest absolute Gasteiger partial charge is 0.377 e. The summed E-state index contributed by atoms with van der Waals surface area (Å²) >= 11 is 0. The number of sulfonamides is 1. The Hall–Kier alpha value is -1.44. The van der Waals surface area contributed by atoms with Crippen LogP contribution in [-0.2, 0) is 14.8 Å². The molecule has 6 nitrogen and oxygen atoms in total. The summed E-state index contributed by atoms with van der Waals surface area (Å²) in [6, 6.07) is 6.09. The monoisotopic (exact) mass is 380 g/mol. The number of carbonyl (C=O) groups is 1. The molecule has 26 heavy (non-hydrogen) atoms. The topological polar surface area (TPSA) is 84.5 Å². The number of benzene rings is 1. The molecule has 1 aliphatic carbocycles. The number of rotatable bonds is 7. The van der Waals surface area contributed by atoms with Gasteiger partial charge < -0.3 is 10.1 Å². The molecule has 1 saturated heterocycles. The molecular weight excluding hydrogens is 352 g/mol. The van der Waals surface area contributed by atoms with Crippen LogP contribution in [0.5, 0.6) is 0 Å². The number of hydrogen-bond donors (Lipinski definition) is 2. The first-order valence-electron chi connectivity index (χ1n) is 9.54. The van der Waals surface area contributed by atoms with Gasteiger partial charge in [0.2, 0.25) is 10.0 Å². The van der Waals surface area contributed by atoms with E-state index in [1.54, 1.807) is 12.1 Å². The van der Waals surface area contributed by atoms with Crippen molar-refractivity contribution < 1.29 is 17.9 Å². The van der Waals surface area contributed by atoms with E-state index in [4.69, 9.17) is 4.74 Å². The van der Waals surface area contributed by atoms with Gasteiger partial charge in [-0.05, 0) is 55.9 Å². The Morgan fingerprint density at radius 1 is 1.00 bits per heavy atom. The first-order valence-corrected chi connectivity index (χ1v) is 11.0.